The molecule has 73 heavy (non-hydrogen) atoms. The molecular weight excluding hydrogens is 964 g/mol. The third-order valence-electron chi connectivity index (χ3n) is 12.3. The van der Waals surface area contributed by atoms with Gasteiger partial charge >= 0.3 is 12.2 Å². The van der Waals surface area contributed by atoms with Crippen molar-refractivity contribution in [2.45, 2.75) is 78.7 Å². The number of imidazole rings is 2. The number of halogens is 1. The van der Waals surface area contributed by atoms with Crippen molar-refractivity contribution in [2.24, 2.45) is 11.8 Å². The fourth-order valence-corrected chi connectivity index (χ4v) is 8.70. The lowest BCUT2D eigenvalue weighted by Crippen LogP contribution is -2.37. The minimum Gasteiger partial charge on any atom is -0.443 e. The molecule has 4 aliphatic heterocycles. The van der Waals surface area contributed by atoms with Crippen LogP contribution < -0.4 is 19.6 Å². The maximum atomic E-state index is 12.4. The van der Waals surface area contributed by atoms with E-state index in [0.717, 1.165) is 69.3 Å². The number of hydrogen-bond acceptors (Lipinski definition) is 20. The van der Waals surface area contributed by atoms with E-state index in [0.29, 0.717) is 110 Å². The topological polar surface area (TPSA) is 241 Å². The third-order valence-corrected chi connectivity index (χ3v) is 12.6. The van der Waals surface area contributed by atoms with E-state index >= 15 is 0 Å². The lowest BCUT2D eigenvalue weighted by atomic mass is 10.1. The second-order valence-electron chi connectivity index (χ2n) is 20.3. The van der Waals surface area contributed by atoms with Crippen molar-refractivity contribution in [3.8, 4) is 22.8 Å². The van der Waals surface area contributed by atoms with Gasteiger partial charge in [-0.1, -0.05) is 0 Å². The number of morpholine rings is 2. The second-order valence-corrected chi connectivity index (χ2v) is 20.6. The molecule has 2 amide bonds. The normalized spacial score (nSPS) is 18.5. The summed E-state index contributed by atoms with van der Waals surface area (Å²) < 4.78 is 37.0. The molecule has 2 atom stereocenters. The molecule has 0 aliphatic carbocycles. The molecule has 10 heterocycles. The molecule has 4 fully saturated rings. The average molecular weight is 1030 g/mol. The van der Waals surface area contributed by atoms with Crippen LogP contribution in [-0.4, -0.2) is 175 Å². The van der Waals surface area contributed by atoms with Crippen molar-refractivity contribution in [3.05, 3.63) is 36.4 Å². The summed E-state index contributed by atoms with van der Waals surface area (Å²) >= 11 is 6.61. The maximum absolute atomic E-state index is 12.4. The predicted molar refractivity (Wildman–Crippen MR) is 271 cm³/mol. The van der Waals surface area contributed by atoms with E-state index in [2.05, 4.69) is 44.3 Å². The fourth-order valence-electron chi connectivity index (χ4n) is 8.47. The van der Waals surface area contributed by atoms with Crippen molar-refractivity contribution in [3.63, 3.8) is 0 Å². The summed E-state index contributed by atoms with van der Waals surface area (Å²) in [6, 6.07) is 0. The van der Waals surface area contributed by atoms with Crippen LogP contribution in [-0.2, 0) is 41.5 Å². The van der Waals surface area contributed by atoms with Gasteiger partial charge in [0.1, 0.15) is 11.2 Å². The van der Waals surface area contributed by atoms with E-state index in [4.69, 9.17) is 60.0 Å². The number of amides is 2. The number of rotatable bonds is 10. The van der Waals surface area contributed by atoms with E-state index < -0.39 is 23.4 Å². The molecule has 10 rings (SSSR count). The highest BCUT2D eigenvalue weighted by atomic mass is 35.5. The van der Waals surface area contributed by atoms with Gasteiger partial charge in [0, 0.05) is 103 Å². The number of nitrogens with zero attached hydrogens (tertiary/aromatic N) is 16. The minimum atomic E-state index is -0.626. The van der Waals surface area contributed by atoms with E-state index in [1.807, 2.05) is 31.7 Å². The SMILES string of the molecule is CN(C(=O)OC(C)(C)C)c1ncc(-c2nc(N3CCOCC3)c3nc(Cl)n(CC4CCOC4)c3n2)cn1.CN(C(=O)OC(C)(C)C)c1ncc(-c2nc(N3CCOCC3)c3ncn(CC4CCOC4)c3n2)cn1. The zero-order valence-electron chi connectivity index (χ0n) is 42.7. The van der Waals surface area contributed by atoms with Crippen LogP contribution in [0.2, 0.25) is 5.28 Å². The number of hydrogen-bond donors (Lipinski definition) is 0. The number of carbonyl (C=O) groups is 2. The number of aromatic nitrogens is 12. The molecule has 2 unspecified atom stereocenters. The largest absolute Gasteiger partial charge is 0.443 e. The van der Waals surface area contributed by atoms with E-state index in [1.54, 1.807) is 59.7 Å². The molecule has 0 spiro atoms. The van der Waals surface area contributed by atoms with E-state index in [-0.39, 0.29) is 11.9 Å². The summed E-state index contributed by atoms with van der Waals surface area (Å²) in [5.41, 5.74) is 2.84. The lowest BCUT2D eigenvalue weighted by Gasteiger charge is -2.28. The summed E-state index contributed by atoms with van der Waals surface area (Å²) in [5, 5.41) is 0.369. The molecule has 24 nitrogen and oxygen atoms in total. The van der Waals surface area contributed by atoms with Gasteiger partial charge in [-0.05, 0) is 66.0 Å². The standard InChI is InChI=1S/C24H31ClN8O4.C24H32N8O4/c1-24(2,3)37-23(34)31(4)22-26-11-16(12-27-22)18-29-19(32-6-9-35-10-7-32)17-20(30-18)33(21(25)28-17)13-15-5-8-36-14-15;1-24(2,3)36-23(33)30(4)22-25-11-17(12-26-22)19-28-20(31-6-9-34-10-7-31)18-21(29-19)32(15-27-18)13-16-5-8-35-14-16/h11-12,15H,5-10,13-14H2,1-4H3;11-12,15-16H,5-10,13-14H2,1-4H3. The first-order chi connectivity index (χ1) is 35.0. The van der Waals surface area contributed by atoms with E-state index in [1.165, 1.54) is 9.80 Å². The Labute approximate surface area is 427 Å². The number of carbonyl (C=O) groups excluding carboxylic acids is 2. The van der Waals surface area contributed by atoms with Crippen LogP contribution in [0, 0.1) is 11.8 Å². The molecule has 390 valence electrons. The summed E-state index contributed by atoms with van der Waals surface area (Å²) in [6.07, 6.45) is 9.20. The zero-order valence-corrected chi connectivity index (χ0v) is 43.4. The Morgan fingerprint density at radius 2 is 1.05 bits per heavy atom. The molecule has 0 saturated carbocycles. The van der Waals surface area contributed by atoms with Crippen molar-refractivity contribution >= 4 is 69.6 Å². The maximum Gasteiger partial charge on any atom is 0.416 e. The Bertz CT molecular complexity index is 2870. The van der Waals surface area contributed by atoms with Gasteiger partial charge in [0.2, 0.25) is 17.2 Å². The quantitative estimate of drug-likeness (QED) is 0.149. The van der Waals surface area contributed by atoms with Crippen molar-refractivity contribution in [1.82, 2.24) is 59.0 Å². The minimum absolute atomic E-state index is 0.210. The van der Waals surface area contributed by atoms with Crippen LogP contribution in [0.4, 0.5) is 33.1 Å². The first kappa shape index (κ1) is 51.4. The van der Waals surface area contributed by atoms with Gasteiger partial charge in [-0.25, -0.2) is 69.2 Å². The highest BCUT2D eigenvalue weighted by molar-refractivity contribution is 6.29. The van der Waals surface area contributed by atoms with Gasteiger partial charge in [0.25, 0.3) is 0 Å². The van der Waals surface area contributed by atoms with Crippen LogP contribution >= 0.6 is 11.6 Å². The Morgan fingerprint density at radius 1 is 0.603 bits per heavy atom. The van der Waals surface area contributed by atoms with Crippen LogP contribution in [0.3, 0.4) is 0 Å². The smallest absolute Gasteiger partial charge is 0.416 e. The fraction of sp³-hybridized carbons (Fsp3) is 0.583. The van der Waals surface area contributed by atoms with Crippen molar-refractivity contribution in [2.75, 3.05) is 113 Å². The average Bonchev–Trinajstić information content (AvgIpc) is 4.23. The van der Waals surface area contributed by atoms with Crippen molar-refractivity contribution < 1.29 is 38.0 Å². The molecule has 0 aromatic carbocycles. The van der Waals surface area contributed by atoms with Crippen LogP contribution in [0.25, 0.3) is 45.1 Å². The Balaban J connectivity index is 0.000000180. The number of fused-ring (bicyclic) bond motifs is 2. The third kappa shape index (κ3) is 12.3. The zero-order chi connectivity index (χ0) is 51.4. The molecule has 6 aromatic heterocycles. The lowest BCUT2D eigenvalue weighted by molar-refractivity contribution is 0.0576. The van der Waals surface area contributed by atoms with Gasteiger partial charge in [-0.2, -0.15) is 0 Å². The molecular formula is C48H63ClN16O8. The molecule has 4 aliphatic rings. The molecule has 0 radical (unpaired) electrons. The monoisotopic (exact) mass is 1030 g/mol. The van der Waals surface area contributed by atoms with Crippen LogP contribution in [0.15, 0.2) is 31.1 Å². The summed E-state index contributed by atoms with van der Waals surface area (Å²) in [7, 11) is 3.14. The summed E-state index contributed by atoms with van der Waals surface area (Å²) in [6.45, 7) is 20.5. The van der Waals surface area contributed by atoms with Crippen LogP contribution in [0.1, 0.15) is 54.4 Å². The molecule has 0 bridgehead atoms. The molecule has 0 N–H and O–H groups in total. The molecule has 25 heteroatoms. The highest BCUT2D eigenvalue weighted by Crippen LogP contribution is 2.33. The molecule has 4 saturated heterocycles. The van der Waals surface area contributed by atoms with Crippen molar-refractivity contribution in [1.29, 1.82) is 0 Å². The van der Waals surface area contributed by atoms with Gasteiger partial charge in [-0.3, -0.25) is 4.57 Å². The first-order valence-electron chi connectivity index (χ1n) is 24.5. The van der Waals surface area contributed by atoms with Gasteiger partial charge in [-0.15, -0.1) is 0 Å². The van der Waals surface area contributed by atoms with Gasteiger partial charge in [0.15, 0.2) is 45.6 Å². The molecule has 6 aromatic rings. The van der Waals surface area contributed by atoms with E-state index in [9.17, 15) is 9.59 Å². The Morgan fingerprint density at radius 3 is 1.51 bits per heavy atom. The van der Waals surface area contributed by atoms with Crippen LogP contribution in [0.5, 0.6) is 0 Å². The summed E-state index contributed by atoms with van der Waals surface area (Å²) in [5.74, 6) is 3.62. The highest BCUT2D eigenvalue weighted by Gasteiger charge is 2.29. The van der Waals surface area contributed by atoms with Gasteiger partial charge < -0.3 is 42.8 Å². The predicted octanol–water partition coefficient (Wildman–Crippen LogP) is 5.71. The first-order valence-corrected chi connectivity index (χ1v) is 24.9. The summed E-state index contributed by atoms with van der Waals surface area (Å²) in [4.78, 5) is 77.9. The Kier molecular flexibility index (Phi) is 15.5. The number of ether oxygens (including phenoxy) is 6. The second kappa shape index (κ2) is 21.9. The van der Waals surface area contributed by atoms with Gasteiger partial charge in [0.05, 0.1) is 57.1 Å². The number of anilines is 4. The Hall–Kier alpha value is -6.47.